The fraction of sp³-hybridized carbons (Fsp3) is 0.950. The van der Waals surface area contributed by atoms with Crippen LogP contribution in [0.2, 0.25) is 0 Å². The Labute approximate surface area is 607 Å². The number of carbonyl (C=O) groups excluding carboxylic acids is 4. The molecule has 0 rings (SSSR count). The molecule has 6 atom stereocenters. The van der Waals surface area contributed by atoms with E-state index in [4.69, 9.17) is 37.0 Å². The summed E-state index contributed by atoms with van der Waals surface area (Å²) in [6.45, 7) is 7.37. The van der Waals surface area contributed by atoms with Crippen LogP contribution in [0.5, 0.6) is 0 Å². The molecule has 0 aromatic heterocycles. The Kier molecular flexibility index (Phi) is 71.6. The number of ether oxygens (including phenoxy) is 4. The Morgan fingerprint density at radius 3 is 0.717 bits per heavy atom. The first-order chi connectivity index (χ1) is 48.1. The van der Waals surface area contributed by atoms with Gasteiger partial charge in [0.2, 0.25) is 0 Å². The number of aliphatic hydroxyl groups is 1. The van der Waals surface area contributed by atoms with Crippen LogP contribution in [-0.4, -0.2) is 96.7 Å². The second-order valence-electron chi connectivity index (χ2n) is 29.1. The van der Waals surface area contributed by atoms with E-state index in [-0.39, 0.29) is 25.7 Å². The molecular formula is C80H156O17P2. The van der Waals surface area contributed by atoms with Gasteiger partial charge in [-0.2, -0.15) is 0 Å². The number of carbonyl (C=O) groups is 4. The van der Waals surface area contributed by atoms with Crippen molar-refractivity contribution in [3.8, 4) is 0 Å². The molecule has 0 spiro atoms. The van der Waals surface area contributed by atoms with Crippen molar-refractivity contribution in [3.05, 3.63) is 0 Å². The molecule has 0 bridgehead atoms. The van der Waals surface area contributed by atoms with Gasteiger partial charge in [-0.3, -0.25) is 37.3 Å². The van der Waals surface area contributed by atoms with E-state index in [9.17, 15) is 43.2 Å². The molecule has 3 unspecified atom stereocenters. The Morgan fingerprint density at radius 1 is 0.283 bits per heavy atom. The van der Waals surface area contributed by atoms with E-state index >= 15 is 0 Å². The maximum absolute atomic E-state index is 13.1. The molecule has 0 aromatic rings. The summed E-state index contributed by atoms with van der Waals surface area (Å²) in [6.07, 6.45) is 63.8. The van der Waals surface area contributed by atoms with Gasteiger partial charge in [0.1, 0.15) is 19.3 Å². The Balaban J connectivity index is 5.19. The van der Waals surface area contributed by atoms with Crippen molar-refractivity contribution in [1.82, 2.24) is 0 Å². The minimum Gasteiger partial charge on any atom is -0.462 e. The van der Waals surface area contributed by atoms with Gasteiger partial charge in [-0.15, -0.1) is 0 Å². The van der Waals surface area contributed by atoms with Gasteiger partial charge in [-0.05, 0) is 31.6 Å². The van der Waals surface area contributed by atoms with Crippen LogP contribution in [0.4, 0.5) is 0 Å². The number of hydrogen-bond donors (Lipinski definition) is 3. The summed E-state index contributed by atoms with van der Waals surface area (Å²) in [5.74, 6) is -1.24. The summed E-state index contributed by atoms with van der Waals surface area (Å²) < 4.78 is 68.6. The predicted octanol–water partition coefficient (Wildman–Crippen LogP) is 24.0. The van der Waals surface area contributed by atoms with Crippen molar-refractivity contribution in [2.75, 3.05) is 39.6 Å². The molecule has 0 saturated carbocycles. The number of rotatable bonds is 80. The van der Waals surface area contributed by atoms with Crippen molar-refractivity contribution >= 4 is 39.5 Å². The maximum atomic E-state index is 13.1. The van der Waals surface area contributed by atoms with Gasteiger partial charge in [-0.1, -0.05) is 375 Å². The molecule has 19 heteroatoms. The van der Waals surface area contributed by atoms with Crippen LogP contribution in [0.25, 0.3) is 0 Å². The molecule has 0 aliphatic rings. The van der Waals surface area contributed by atoms with E-state index in [1.807, 2.05) is 0 Å². The number of aliphatic hydroxyl groups excluding tert-OH is 1. The van der Waals surface area contributed by atoms with E-state index in [0.29, 0.717) is 25.7 Å². The zero-order chi connectivity index (χ0) is 72.7. The fourth-order valence-corrected chi connectivity index (χ4v) is 14.0. The lowest BCUT2D eigenvalue weighted by molar-refractivity contribution is -0.161. The van der Waals surface area contributed by atoms with Crippen molar-refractivity contribution in [2.45, 2.75) is 445 Å². The highest BCUT2D eigenvalue weighted by Crippen LogP contribution is 2.45. The SMILES string of the molecule is CCCCCCCCCCCCCCCCCCC(=O)OC[C@H](COP(=O)(O)OC[C@@H](O)COP(=O)(O)OC[C@@H](COC(=O)CCCCCCCCCCC)OC(=O)CCCCCCCCCCCCCC)OC(=O)CCCCCCCCCCCCCCCCCCCCC(C)CC. The van der Waals surface area contributed by atoms with Crippen LogP contribution in [0.3, 0.4) is 0 Å². The van der Waals surface area contributed by atoms with Gasteiger partial charge < -0.3 is 33.8 Å². The Hall–Kier alpha value is -1.94. The van der Waals surface area contributed by atoms with Crippen molar-refractivity contribution in [1.29, 1.82) is 0 Å². The minimum atomic E-state index is -4.96. The van der Waals surface area contributed by atoms with Gasteiger partial charge >= 0.3 is 39.5 Å². The molecule has 0 aliphatic carbocycles. The quantitative estimate of drug-likeness (QED) is 0.0222. The number of phosphoric ester groups is 2. The Morgan fingerprint density at radius 2 is 0.485 bits per heavy atom. The van der Waals surface area contributed by atoms with Crippen LogP contribution in [-0.2, 0) is 65.4 Å². The minimum absolute atomic E-state index is 0.108. The fourth-order valence-electron chi connectivity index (χ4n) is 12.4. The van der Waals surface area contributed by atoms with Gasteiger partial charge in [0.05, 0.1) is 26.4 Å². The lowest BCUT2D eigenvalue weighted by Gasteiger charge is -2.21. The lowest BCUT2D eigenvalue weighted by atomic mass is 9.99. The monoisotopic (exact) mass is 1450 g/mol. The van der Waals surface area contributed by atoms with Crippen molar-refractivity contribution < 1.29 is 80.2 Å². The van der Waals surface area contributed by atoms with E-state index < -0.39 is 97.5 Å². The van der Waals surface area contributed by atoms with E-state index in [0.717, 1.165) is 95.8 Å². The number of esters is 4. The van der Waals surface area contributed by atoms with Gasteiger partial charge in [0.25, 0.3) is 0 Å². The van der Waals surface area contributed by atoms with E-state index in [2.05, 4.69) is 34.6 Å². The summed E-state index contributed by atoms with van der Waals surface area (Å²) in [5, 5.41) is 10.6. The molecule has 588 valence electrons. The molecule has 99 heavy (non-hydrogen) atoms. The van der Waals surface area contributed by atoms with Gasteiger partial charge in [-0.25, -0.2) is 9.13 Å². The van der Waals surface area contributed by atoms with Crippen molar-refractivity contribution in [3.63, 3.8) is 0 Å². The summed E-state index contributed by atoms with van der Waals surface area (Å²) >= 11 is 0. The van der Waals surface area contributed by atoms with Crippen LogP contribution in [0.15, 0.2) is 0 Å². The molecule has 0 fully saturated rings. The number of unbranched alkanes of at least 4 members (excludes halogenated alkanes) is 51. The van der Waals surface area contributed by atoms with E-state index in [1.54, 1.807) is 0 Å². The predicted molar refractivity (Wildman–Crippen MR) is 405 cm³/mol. The highest BCUT2D eigenvalue weighted by atomic mass is 31.2. The average Bonchev–Trinajstić information content (AvgIpc) is 1.10. The van der Waals surface area contributed by atoms with Crippen LogP contribution in [0.1, 0.15) is 426 Å². The second-order valence-corrected chi connectivity index (χ2v) is 32.0. The molecule has 0 aromatic carbocycles. The third-order valence-corrected chi connectivity index (χ3v) is 21.0. The summed E-state index contributed by atoms with van der Waals surface area (Å²) in [5.41, 5.74) is 0. The van der Waals surface area contributed by atoms with Crippen molar-refractivity contribution in [2.24, 2.45) is 5.92 Å². The number of phosphoric acid groups is 2. The molecular weight excluding hydrogens is 1290 g/mol. The highest BCUT2D eigenvalue weighted by Gasteiger charge is 2.30. The largest absolute Gasteiger partial charge is 0.472 e. The average molecular weight is 1450 g/mol. The summed E-state index contributed by atoms with van der Waals surface area (Å²) in [4.78, 5) is 72.9. The first kappa shape index (κ1) is 97.1. The lowest BCUT2D eigenvalue weighted by Crippen LogP contribution is -2.30. The van der Waals surface area contributed by atoms with Crippen LogP contribution < -0.4 is 0 Å². The zero-order valence-corrected chi connectivity index (χ0v) is 66.4. The number of hydrogen-bond acceptors (Lipinski definition) is 15. The third-order valence-electron chi connectivity index (χ3n) is 19.1. The molecule has 0 amide bonds. The van der Waals surface area contributed by atoms with E-state index in [1.165, 1.54) is 250 Å². The third kappa shape index (κ3) is 72.8. The summed E-state index contributed by atoms with van der Waals surface area (Å²) in [7, 11) is -9.91. The first-order valence-electron chi connectivity index (χ1n) is 41.7. The summed E-state index contributed by atoms with van der Waals surface area (Å²) in [6, 6.07) is 0. The molecule has 0 saturated heterocycles. The smallest absolute Gasteiger partial charge is 0.462 e. The highest BCUT2D eigenvalue weighted by molar-refractivity contribution is 7.47. The molecule has 17 nitrogen and oxygen atoms in total. The standard InChI is InChI=1S/C80H156O17P2/c1-6-10-13-16-19-22-24-26-27-33-36-40-44-49-54-59-64-78(83)91-70-76(97-80(85)66-61-56-51-46-41-37-34-31-29-28-30-32-35-38-43-47-52-57-62-73(5)9-4)72-95-99(88,89)93-68-74(81)67-92-98(86,87)94-71-75(69-90-77(82)63-58-53-48-42-21-18-15-12-8-3)96-79(84)65-60-55-50-45-39-25-23-20-17-14-11-7-2/h73-76,81H,6-72H2,1-5H3,(H,86,87)(H,88,89)/t73?,74-,75+,76+/m0/s1. The molecule has 3 N–H and O–H groups in total. The van der Waals surface area contributed by atoms with Crippen LogP contribution in [0, 0.1) is 5.92 Å². The van der Waals surface area contributed by atoms with Gasteiger partial charge in [0.15, 0.2) is 12.2 Å². The zero-order valence-electron chi connectivity index (χ0n) is 64.6. The maximum Gasteiger partial charge on any atom is 0.472 e. The van der Waals surface area contributed by atoms with Crippen LogP contribution >= 0.6 is 15.6 Å². The van der Waals surface area contributed by atoms with Gasteiger partial charge in [0, 0.05) is 25.7 Å². The topological polar surface area (TPSA) is 237 Å². The Bertz CT molecular complexity index is 1890. The molecule has 0 radical (unpaired) electrons. The second kappa shape index (κ2) is 73.0. The normalized spacial score (nSPS) is 14.1. The molecule has 0 heterocycles. The first-order valence-corrected chi connectivity index (χ1v) is 44.7. The molecule has 0 aliphatic heterocycles.